The first-order chi connectivity index (χ1) is 11.1. The van der Waals surface area contributed by atoms with E-state index in [9.17, 15) is 18.3 Å². The number of hydrogen-bond donors (Lipinski definition) is 2. The van der Waals surface area contributed by atoms with Gasteiger partial charge >= 0.3 is 0 Å². The number of phenolic OH excluding ortho intramolecular Hbond substituents is 1. The maximum atomic E-state index is 14.5. The van der Waals surface area contributed by atoms with Crippen molar-refractivity contribution in [3.05, 3.63) is 29.1 Å². The summed E-state index contributed by atoms with van der Waals surface area (Å²) < 4.78 is 41.6. The average Bonchev–Trinajstić information content (AvgIpc) is 2.58. The highest BCUT2D eigenvalue weighted by Crippen LogP contribution is 2.43. The van der Waals surface area contributed by atoms with E-state index >= 15 is 0 Å². The minimum absolute atomic E-state index is 0. The second-order valence-corrected chi connectivity index (χ2v) is 6.55. The number of phenols is 1. The van der Waals surface area contributed by atoms with Crippen molar-refractivity contribution in [2.45, 2.75) is 38.1 Å². The first kappa shape index (κ1) is 22.4. The normalized spacial score (nSPS) is 20.4. The molecule has 1 aromatic rings. The van der Waals surface area contributed by atoms with E-state index < -0.39 is 29.2 Å². The van der Waals surface area contributed by atoms with Crippen LogP contribution in [0.3, 0.4) is 0 Å². The largest absolute Gasteiger partial charge is 0.507 e. The lowest BCUT2D eigenvalue weighted by Gasteiger charge is -2.41. The van der Waals surface area contributed by atoms with Gasteiger partial charge in [0, 0.05) is 38.3 Å². The van der Waals surface area contributed by atoms with E-state index in [0.717, 1.165) is 45.2 Å². The zero-order valence-electron chi connectivity index (χ0n) is 13.9. The summed E-state index contributed by atoms with van der Waals surface area (Å²) in [4.78, 5) is 2.10. The molecule has 2 aliphatic rings. The van der Waals surface area contributed by atoms with Crippen molar-refractivity contribution in [3.8, 4) is 5.75 Å². The van der Waals surface area contributed by atoms with E-state index in [-0.39, 0.29) is 36.3 Å². The van der Waals surface area contributed by atoms with Crippen molar-refractivity contribution in [2.75, 3.05) is 26.2 Å². The number of hydrogen-bond acceptors (Lipinski definition) is 3. The third-order valence-electron chi connectivity index (χ3n) is 5.12. The van der Waals surface area contributed by atoms with Crippen LogP contribution in [0.5, 0.6) is 5.75 Å². The maximum Gasteiger partial charge on any atom is 0.195 e. The maximum absolute atomic E-state index is 14.5. The first-order valence-electron chi connectivity index (χ1n) is 8.40. The molecule has 1 atom stereocenters. The predicted octanol–water partition coefficient (Wildman–Crippen LogP) is 4.18. The summed E-state index contributed by atoms with van der Waals surface area (Å²) in [5, 5.41) is 13.4. The van der Waals surface area contributed by atoms with E-state index in [1.165, 1.54) is 0 Å². The van der Waals surface area contributed by atoms with E-state index in [0.29, 0.717) is 19.2 Å². The Hall–Kier alpha value is -0.690. The number of halogens is 5. The van der Waals surface area contributed by atoms with Crippen molar-refractivity contribution in [3.63, 3.8) is 0 Å². The van der Waals surface area contributed by atoms with Crippen LogP contribution < -0.4 is 5.32 Å². The molecule has 1 saturated heterocycles. The first-order valence-corrected chi connectivity index (χ1v) is 8.40. The Bertz CT molecular complexity index is 547. The van der Waals surface area contributed by atoms with E-state index in [1.54, 1.807) is 0 Å². The Labute approximate surface area is 158 Å². The van der Waals surface area contributed by atoms with Gasteiger partial charge in [-0.25, -0.2) is 13.2 Å². The van der Waals surface area contributed by atoms with Crippen LogP contribution in [0.4, 0.5) is 13.2 Å². The van der Waals surface area contributed by atoms with Crippen molar-refractivity contribution in [1.82, 2.24) is 10.2 Å². The molecular formula is C17H25Cl2F3N2O. The summed E-state index contributed by atoms with van der Waals surface area (Å²) in [6.07, 6.45) is 5.11. The molecule has 144 valence electrons. The molecule has 0 unspecified atom stereocenters. The Morgan fingerprint density at radius 1 is 1.00 bits per heavy atom. The van der Waals surface area contributed by atoms with Gasteiger partial charge in [0.1, 0.15) is 5.75 Å². The van der Waals surface area contributed by atoms with Gasteiger partial charge in [-0.1, -0.05) is 19.3 Å². The van der Waals surface area contributed by atoms with Gasteiger partial charge in [0.05, 0.1) is 5.56 Å². The SMILES string of the molecule is Cl.Cl.Oc1cc(F)c(F)c(F)c1[C@H](C1CCCCC1)N1CCNCC1. The standard InChI is InChI=1S/C17H23F3N2O.2ClH/c18-12-10-13(23)14(16(20)15(12)19)17(11-4-2-1-3-5-11)22-8-6-21-7-9-22;;/h10-11,17,21,23H,1-9H2;2*1H/t17-;;/m0../s1. The lowest BCUT2D eigenvalue weighted by atomic mass is 9.79. The fourth-order valence-electron chi connectivity index (χ4n) is 4.00. The van der Waals surface area contributed by atoms with Crippen LogP contribution >= 0.6 is 24.8 Å². The molecule has 1 saturated carbocycles. The van der Waals surface area contributed by atoms with Gasteiger partial charge in [-0.3, -0.25) is 4.90 Å². The summed E-state index contributed by atoms with van der Waals surface area (Å²) in [7, 11) is 0. The molecule has 1 heterocycles. The van der Waals surface area contributed by atoms with Crippen molar-refractivity contribution < 1.29 is 18.3 Å². The smallest absolute Gasteiger partial charge is 0.195 e. The summed E-state index contributed by atoms with van der Waals surface area (Å²) in [5.74, 6) is -4.39. The number of benzene rings is 1. The van der Waals surface area contributed by atoms with Crippen LogP contribution in [0.25, 0.3) is 0 Å². The van der Waals surface area contributed by atoms with Crippen LogP contribution in [-0.4, -0.2) is 36.2 Å². The lowest BCUT2D eigenvalue weighted by Crippen LogP contribution is -2.47. The Balaban J connectivity index is 0.00000156. The zero-order chi connectivity index (χ0) is 16.4. The molecule has 25 heavy (non-hydrogen) atoms. The summed E-state index contributed by atoms with van der Waals surface area (Å²) >= 11 is 0. The molecule has 0 aromatic heterocycles. The Kier molecular flexibility index (Phi) is 8.81. The minimum atomic E-state index is -1.49. The van der Waals surface area contributed by atoms with Crippen LogP contribution in [-0.2, 0) is 0 Å². The van der Waals surface area contributed by atoms with Gasteiger partial charge in [0.2, 0.25) is 0 Å². The topological polar surface area (TPSA) is 35.5 Å². The number of nitrogens with one attached hydrogen (secondary N) is 1. The fraction of sp³-hybridized carbons (Fsp3) is 0.647. The van der Waals surface area contributed by atoms with Crippen molar-refractivity contribution >= 4 is 24.8 Å². The van der Waals surface area contributed by atoms with Gasteiger partial charge in [-0.2, -0.15) is 0 Å². The van der Waals surface area contributed by atoms with E-state index in [1.807, 2.05) is 0 Å². The van der Waals surface area contributed by atoms with Crippen LogP contribution in [0, 0.1) is 23.4 Å². The van der Waals surface area contributed by atoms with Crippen molar-refractivity contribution in [1.29, 1.82) is 0 Å². The number of rotatable bonds is 3. The van der Waals surface area contributed by atoms with E-state index in [2.05, 4.69) is 10.2 Å². The van der Waals surface area contributed by atoms with Crippen LogP contribution in [0.15, 0.2) is 6.07 Å². The second kappa shape index (κ2) is 9.86. The monoisotopic (exact) mass is 400 g/mol. The van der Waals surface area contributed by atoms with E-state index in [4.69, 9.17) is 0 Å². The number of aromatic hydroxyl groups is 1. The molecule has 1 aliphatic heterocycles. The molecule has 2 fully saturated rings. The van der Waals surface area contributed by atoms with Gasteiger partial charge < -0.3 is 10.4 Å². The quantitative estimate of drug-likeness (QED) is 0.746. The Morgan fingerprint density at radius 2 is 1.60 bits per heavy atom. The van der Waals surface area contributed by atoms with Gasteiger partial charge in [-0.05, 0) is 18.8 Å². The third kappa shape index (κ3) is 4.73. The lowest BCUT2D eigenvalue weighted by molar-refractivity contribution is 0.0975. The highest BCUT2D eigenvalue weighted by Gasteiger charge is 2.36. The highest BCUT2D eigenvalue weighted by molar-refractivity contribution is 5.85. The molecule has 3 nitrogen and oxygen atoms in total. The van der Waals surface area contributed by atoms with Crippen molar-refractivity contribution in [2.24, 2.45) is 5.92 Å². The molecule has 0 radical (unpaired) electrons. The van der Waals surface area contributed by atoms with Gasteiger partial charge in [0.15, 0.2) is 17.5 Å². The fourth-order valence-corrected chi connectivity index (χ4v) is 4.00. The average molecular weight is 401 g/mol. The minimum Gasteiger partial charge on any atom is -0.507 e. The molecule has 0 spiro atoms. The second-order valence-electron chi connectivity index (χ2n) is 6.55. The molecule has 0 bridgehead atoms. The van der Waals surface area contributed by atoms with Gasteiger partial charge in [-0.15, -0.1) is 24.8 Å². The highest BCUT2D eigenvalue weighted by atomic mass is 35.5. The van der Waals surface area contributed by atoms with Crippen LogP contribution in [0.2, 0.25) is 0 Å². The molecule has 0 amide bonds. The molecule has 2 N–H and O–H groups in total. The Morgan fingerprint density at radius 3 is 2.20 bits per heavy atom. The number of piperazine rings is 1. The molecular weight excluding hydrogens is 376 g/mol. The molecule has 1 aliphatic carbocycles. The van der Waals surface area contributed by atoms with Gasteiger partial charge in [0.25, 0.3) is 0 Å². The molecule has 1 aromatic carbocycles. The predicted molar refractivity (Wildman–Crippen MR) is 96.2 cm³/mol. The zero-order valence-corrected chi connectivity index (χ0v) is 15.6. The summed E-state index contributed by atoms with van der Waals surface area (Å²) in [6.45, 7) is 2.96. The summed E-state index contributed by atoms with van der Waals surface area (Å²) in [5.41, 5.74) is -0.0716. The third-order valence-corrected chi connectivity index (χ3v) is 5.12. The summed E-state index contributed by atoms with van der Waals surface area (Å²) in [6, 6.07) is 0.304. The van der Waals surface area contributed by atoms with Crippen LogP contribution in [0.1, 0.15) is 43.7 Å². The molecule has 8 heteroatoms. The molecule has 3 rings (SSSR count). The number of nitrogens with zero attached hydrogens (tertiary/aromatic N) is 1.